The van der Waals surface area contributed by atoms with E-state index < -0.39 is 0 Å². The molecule has 26 heavy (non-hydrogen) atoms. The summed E-state index contributed by atoms with van der Waals surface area (Å²) >= 11 is 0. The summed E-state index contributed by atoms with van der Waals surface area (Å²) in [5.41, 5.74) is 0.493. The van der Waals surface area contributed by atoms with Crippen molar-refractivity contribution < 1.29 is 19.7 Å². The maximum atomic E-state index is 10.3. The number of ether oxygens (including phenoxy) is 2. The van der Waals surface area contributed by atoms with Gasteiger partial charge < -0.3 is 19.7 Å². The first kappa shape index (κ1) is 16.8. The van der Waals surface area contributed by atoms with E-state index in [0.29, 0.717) is 24.7 Å². The summed E-state index contributed by atoms with van der Waals surface area (Å²) in [6.45, 7) is 5.60. The van der Waals surface area contributed by atoms with Crippen LogP contribution in [0.3, 0.4) is 0 Å². The van der Waals surface area contributed by atoms with E-state index in [4.69, 9.17) is 9.47 Å². The van der Waals surface area contributed by atoms with Gasteiger partial charge >= 0.3 is 0 Å². The summed E-state index contributed by atoms with van der Waals surface area (Å²) in [7, 11) is 0. The Labute approximate surface area is 156 Å². The fraction of sp³-hybridized carbons (Fsp3) is 1.00. The number of hydrogen-bond donors (Lipinski definition) is 2. The lowest BCUT2D eigenvalue weighted by Crippen LogP contribution is -2.76. The third-order valence-electron chi connectivity index (χ3n) is 10.2. The third kappa shape index (κ3) is 1.77. The molecule has 0 aromatic heterocycles. The highest BCUT2D eigenvalue weighted by molar-refractivity contribution is 5.25. The maximum Gasteiger partial charge on any atom is 0.0791 e. The second kappa shape index (κ2) is 5.06. The summed E-state index contributed by atoms with van der Waals surface area (Å²) in [5, 5.41) is 19.5. The van der Waals surface area contributed by atoms with E-state index >= 15 is 0 Å². The van der Waals surface area contributed by atoms with Crippen molar-refractivity contribution in [3.8, 4) is 0 Å². The van der Waals surface area contributed by atoms with Gasteiger partial charge in [-0.15, -0.1) is 0 Å². The predicted molar refractivity (Wildman–Crippen MR) is 96.4 cm³/mol. The third-order valence-corrected chi connectivity index (χ3v) is 10.2. The topological polar surface area (TPSA) is 58.9 Å². The smallest absolute Gasteiger partial charge is 0.0791 e. The van der Waals surface area contributed by atoms with Crippen molar-refractivity contribution in [2.24, 2.45) is 40.4 Å². The molecule has 5 saturated carbocycles. The van der Waals surface area contributed by atoms with Crippen LogP contribution in [0.15, 0.2) is 0 Å². The first-order chi connectivity index (χ1) is 12.4. The van der Waals surface area contributed by atoms with Crippen molar-refractivity contribution in [3.63, 3.8) is 0 Å². The molecule has 146 valence electrons. The van der Waals surface area contributed by atoms with E-state index in [9.17, 15) is 10.2 Å². The molecule has 0 aromatic carbocycles. The second-order valence-electron chi connectivity index (χ2n) is 11.0. The largest absolute Gasteiger partial charge is 0.394 e. The van der Waals surface area contributed by atoms with Crippen LogP contribution in [-0.2, 0) is 9.47 Å². The van der Waals surface area contributed by atoms with Crippen molar-refractivity contribution in [1.82, 2.24) is 0 Å². The normalized spacial score (nSPS) is 64.6. The van der Waals surface area contributed by atoms with Gasteiger partial charge in [-0.05, 0) is 67.1 Å². The van der Waals surface area contributed by atoms with Crippen LogP contribution in [0.1, 0.15) is 58.8 Å². The van der Waals surface area contributed by atoms with Gasteiger partial charge in [0.05, 0.1) is 37.1 Å². The number of aliphatic hydroxyl groups is 2. The minimum Gasteiger partial charge on any atom is -0.394 e. The van der Waals surface area contributed by atoms with Gasteiger partial charge in [0.1, 0.15) is 0 Å². The van der Waals surface area contributed by atoms with Gasteiger partial charge in [-0.25, -0.2) is 0 Å². The van der Waals surface area contributed by atoms with Gasteiger partial charge in [0, 0.05) is 18.3 Å². The summed E-state index contributed by atoms with van der Waals surface area (Å²) < 4.78 is 12.9. The van der Waals surface area contributed by atoms with Gasteiger partial charge in [-0.1, -0.05) is 13.8 Å². The number of rotatable bonds is 3. The Morgan fingerprint density at radius 2 is 1.92 bits per heavy atom. The Balaban J connectivity index is 1.34. The highest BCUT2D eigenvalue weighted by atomic mass is 16.5. The van der Waals surface area contributed by atoms with E-state index in [1.165, 1.54) is 25.7 Å². The Kier molecular flexibility index (Phi) is 3.26. The Morgan fingerprint density at radius 3 is 2.69 bits per heavy atom. The molecule has 1 spiro atoms. The monoisotopic (exact) mass is 362 g/mol. The Hall–Kier alpha value is -0.160. The molecule has 2 bridgehead atoms. The van der Waals surface area contributed by atoms with E-state index in [1.54, 1.807) is 0 Å². The molecule has 4 nitrogen and oxygen atoms in total. The fourth-order valence-corrected chi connectivity index (χ4v) is 9.09. The number of fused-ring (bicyclic) bond motifs is 3. The zero-order valence-electron chi connectivity index (χ0n) is 16.2. The molecule has 0 radical (unpaired) electrons. The number of hydrogen-bond acceptors (Lipinski definition) is 4. The average molecular weight is 363 g/mol. The summed E-state index contributed by atoms with van der Waals surface area (Å²) in [6, 6.07) is 0. The molecule has 5 aliphatic carbocycles. The minimum atomic E-state index is -0.162. The zero-order chi connectivity index (χ0) is 17.9. The fourth-order valence-electron chi connectivity index (χ4n) is 9.09. The van der Waals surface area contributed by atoms with E-state index in [2.05, 4.69) is 13.8 Å². The molecule has 2 N–H and O–H groups in total. The quantitative estimate of drug-likeness (QED) is 0.810. The summed E-state index contributed by atoms with van der Waals surface area (Å²) in [4.78, 5) is 0. The molecule has 7 fully saturated rings. The highest BCUT2D eigenvalue weighted by Gasteiger charge is 2.77. The molecular weight excluding hydrogens is 328 g/mol. The lowest BCUT2D eigenvalue weighted by molar-refractivity contribution is -0.377. The maximum absolute atomic E-state index is 10.3. The molecule has 2 saturated heterocycles. The molecule has 2 heterocycles. The van der Waals surface area contributed by atoms with Crippen LogP contribution in [-0.4, -0.2) is 47.3 Å². The van der Waals surface area contributed by atoms with Crippen molar-refractivity contribution >= 4 is 0 Å². The first-order valence-corrected chi connectivity index (χ1v) is 11.0. The molecule has 4 heteroatoms. The van der Waals surface area contributed by atoms with Crippen LogP contribution in [0.2, 0.25) is 0 Å². The SMILES string of the molecule is CC12CCC3C(C4CC5(CC(O)CCC35C)O4)C1C1CC1C2OCCO. The van der Waals surface area contributed by atoms with Crippen molar-refractivity contribution in [2.45, 2.75) is 82.7 Å². The van der Waals surface area contributed by atoms with Crippen molar-refractivity contribution in [2.75, 3.05) is 13.2 Å². The van der Waals surface area contributed by atoms with Crippen molar-refractivity contribution in [3.05, 3.63) is 0 Å². The molecule has 0 aromatic rings. The standard InChI is InChI=1S/C22H34O4/c1-20-5-4-15-17(18(20)13-9-14(13)19(20)25-8-7-23)16-11-22(26-16)10-12(24)3-6-21(15,22)2/h12-19,23-24H,3-11H2,1-2H3. The van der Waals surface area contributed by atoms with Gasteiger partial charge in [0.2, 0.25) is 0 Å². The molecule has 2 aliphatic heterocycles. The molecule has 7 aliphatic rings. The van der Waals surface area contributed by atoms with Crippen LogP contribution >= 0.6 is 0 Å². The Bertz CT molecular complexity index is 615. The molecule has 7 rings (SSSR count). The molecular formula is C22H34O4. The van der Waals surface area contributed by atoms with Gasteiger partial charge in [0.15, 0.2) is 0 Å². The van der Waals surface area contributed by atoms with Gasteiger partial charge in [-0.3, -0.25) is 0 Å². The van der Waals surface area contributed by atoms with Gasteiger partial charge in [0.25, 0.3) is 0 Å². The van der Waals surface area contributed by atoms with E-state index in [-0.39, 0.29) is 29.1 Å². The Morgan fingerprint density at radius 1 is 1.12 bits per heavy atom. The first-order valence-electron chi connectivity index (χ1n) is 11.0. The lowest BCUT2D eigenvalue weighted by atomic mass is 9.40. The second-order valence-corrected chi connectivity index (χ2v) is 11.0. The van der Waals surface area contributed by atoms with Crippen LogP contribution in [0.4, 0.5) is 0 Å². The van der Waals surface area contributed by atoms with Crippen LogP contribution in [0, 0.1) is 40.4 Å². The van der Waals surface area contributed by atoms with Crippen LogP contribution in [0.25, 0.3) is 0 Å². The van der Waals surface area contributed by atoms with Crippen LogP contribution in [0.5, 0.6) is 0 Å². The predicted octanol–water partition coefficient (Wildman–Crippen LogP) is 2.75. The lowest BCUT2D eigenvalue weighted by Gasteiger charge is -2.74. The van der Waals surface area contributed by atoms with Gasteiger partial charge in [-0.2, -0.15) is 0 Å². The highest BCUT2D eigenvalue weighted by Crippen LogP contribution is 2.77. The minimum absolute atomic E-state index is 0.0292. The molecule has 0 amide bonds. The summed E-state index contributed by atoms with van der Waals surface area (Å²) in [5.74, 6) is 3.74. The van der Waals surface area contributed by atoms with E-state index in [0.717, 1.165) is 42.9 Å². The molecule has 11 atom stereocenters. The van der Waals surface area contributed by atoms with Crippen LogP contribution < -0.4 is 0 Å². The average Bonchev–Trinajstić information content (AvgIpc) is 3.29. The number of aliphatic hydroxyl groups excluding tert-OH is 2. The molecule has 11 unspecified atom stereocenters. The zero-order valence-corrected chi connectivity index (χ0v) is 16.2. The summed E-state index contributed by atoms with van der Waals surface area (Å²) in [6.07, 6.45) is 8.60. The van der Waals surface area contributed by atoms with E-state index in [1.807, 2.05) is 0 Å². The van der Waals surface area contributed by atoms with Crippen molar-refractivity contribution in [1.29, 1.82) is 0 Å².